The number of nitrogens with zero attached hydrogens (tertiary/aromatic N) is 1. The molecule has 0 spiro atoms. The second-order valence-electron chi connectivity index (χ2n) is 4.57. The summed E-state index contributed by atoms with van der Waals surface area (Å²) >= 11 is 0. The SMILES string of the molecule is CN(C)C1(CCC(=O)O)CCCCC1. The third kappa shape index (κ3) is 2.71. The number of carboxylic acids is 1. The number of aliphatic carboxylic acids is 1. The van der Waals surface area contributed by atoms with E-state index in [4.69, 9.17) is 5.11 Å². The zero-order valence-corrected chi connectivity index (χ0v) is 9.25. The van der Waals surface area contributed by atoms with Crippen molar-refractivity contribution in [3.8, 4) is 0 Å². The first-order chi connectivity index (χ1) is 6.57. The molecule has 0 bridgehead atoms. The van der Waals surface area contributed by atoms with Gasteiger partial charge in [0.1, 0.15) is 0 Å². The molecular formula is C11H21NO2. The highest BCUT2D eigenvalue weighted by Gasteiger charge is 2.34. The molecular weight excluding hydrogens is 178 g/mol. The molecule has 1 saturated carbocycles. The Morgan fingerprint density at radius 2 is 1.86 bits per heavy atom. The maximum absolute atomic E-state index is 10.6. The largest absolute Gasteiger partial charge is 0.481 e. The summed E-state index contributed by atoms with van der Waals surface area (Å²) in [5.41, 5.74) is 0.163. The van der Waals surface area contributed by atoms with Gasteiger partial charge in [-0.25, -0.2) is 0 Å². The Hall–Kier alpha value is -0.570. The summed E-state index contributed by atoms with van der Waals surface area (Å²) < 4.78 is 0. The monoisotopic (exact) mass is 199 g/mol. The summed E-state index contributed by atoms with van der Waals surface area (Å²) in [6, 6.07) is 0. The van der Waals surface area contributed by atoms with Gasteiger partial charge in [0.2, 0.25) is 0 Å². The lowest BCUT2D eigenvalue weighted by Gasteiger charge is -2.43. The highest BCUT2D eigenvalue weighted by atomic mass is 16.4. The van der Waals surface area contributed by atoms with Crippen molar-refractivity contribution < 1.29 is 9.90 Å². The molecule has 0 amide bonds. The van der Waals surface area contributed by atoms with Gasteiger partial charge in [-0.2, -0.15) is 0 Å². The Kier molecular flexibility index (Phi) is 3.93. The van der Waals surface area contributed by atoms with Gasteiger partial charge in [0.15, 0.2) is 0 Å². The molecule has 3 nitrogen and oxygen atoms in total. The lowest BCUT2D eigenvalue weighted by Crippen LogP contribution is -2.46. The molecule has 0 aliphatic heterocycles. The third-order valence-electron chi connectivity index (χ3n) is 3.54. The molecule has 14 heavy (non-hydrogen) atoms. The second-order valence-corrected chi connectivity index (χ2v) is 4.57. The molecule has 82 valence electrons. The molecule has 0 aromatic rings. The molecule has 1 fully saturated rings. The number of rotatable bonds is 4. The fourth-order valence-electron chi connectivity index (χ4n) is 2.47. The van der Waals surface area contributed by atoms with Gasteiger partial charge >= 0.3 is 5.97 Å². The molecule has 1 aliphatic rings. The zero-order valence-electron chi connectivity index (χ0n) is 9.25. The minimum Gasteiger partial charge on any atom is -0.481 e. The normalized spacial score (nSPS) is 21.1. The van der Waals surface area contributed by atoms with Gasteiger partial charge in [0.25, 0.3) is 0 Å². The van der Waals surface area contributed by atoms with Crippen molar-refractivity contribution >= 4 is 5.97 Å². The van der Waals surface area contributed by atoms with Crippen LogP contribution in [0.5, 0.6) is 0 Å². The second kappa shape index (κ2) is 4.78. The minimum atomic E-state index is -0.670. The first kappa shape index (κ1) is 11.5. The predicted molar refractivity (Wildman–Crippen MR) is 56.4 cm³/mol. The van der Waals surface area contributed by atoms with Crippen molar-refractivity contribution in [1.82, 2.24) is 4.90 Å². The molecule has 0 atom stereocenters. The molecule has 3 heteroatoms. The number of carboxylic acid groups (broad SMARTS) is 1. The molecule has 0 unspecified atom stereocenters. The van der Waals surface area contributed by atoms with E-state index in [2.05, 4.69) is 19.0 Å². The van der Waals surface area contributed by atoms with Gasteiger partial charge in [-0.05, 0) is 33.4 Å². The molecule has 0 radical (unpaired) electrons. The highest BCUT2D eigenvalue weighted by Crippen LogP contribution is 2.35. The van der Waals surface area contributed by atoms with Crippen molar-refractivity contribution in [1.29, 1.82) is 0 Å². The van der Waals surface area contributed by atoms with E-state index >= 15 is 0 Å². The Bertz CT molecular complexity index is 195. The quantitative estimate of drug-likeness (QED) is 0.754. The van der Waals surface area contributed by atoms with Crippen LogP contribution in [0.25, 0.3) is 0 Å². The topological polar surface area (TPSA) is 40.5 Å². The van der Waals surface area contributed by atoms with Gasteiger partial charge in [0, 0.05) is 12.0 Å². The van der Waals surface area contributed by atoms with E-state index in [0.29, 0.717) is 6.42 Å². The number of hydrogen-bond acceptors (Lipinski definition) is 2. The first-order valence-electron chi connectivity index (χ1n) is 5.46. The molecule has 0 heterocycles. The van der Waals surface area contributed by atoms with Gasteiger partial charge < -0.3 is 10.0 Å². The molecule has 0 aromatic carbocycles. The lowest BCUT2D eigenvalue weighted by molar-refractivity contribution is -0.137. The lowest BCUT2D eigenvalue weighted by atomic mass is 9.77. The van der Waals surface area contributed by atoms with E-state index < -0.39 is 5.97 Å². The minimum absolute atomic E-state index is 0.163. The average Bonchev–Trinajstić information content (AvgIpc) is 2.16. The average molecular weight is 199 g/mol. The van der Waals surface area contributed by atoms with Crippen LogP contribution < -0.4 is 0 Å². The maximum atomic E-state index is 10.6. The van der Waals surface area contributed by atoms with E-state index in [9.17, 15) is 4.79 Å². The van der Waals surface area contributed by atoms with Crippen molar-refractivity contribution in [2.45, 2.75) is 50.5 Å². The van der Waals surface area contributed by atoms with Crippen molar-refractivity contribution in [3.63, 3.8) is 0 Å². The summed E-state index contributed by atoms with van der Waals surface area (Å²) in [5, 5.41) is 8.72. The Balaban J connectivity index is 2.56. The summed E-state index contributed by atoms with van der Waals surface area (Å²) in [6.45, 7) is 0. The van der Waals surface area contributed by atoms with Gasteiger partial charge in [-0.15, -0.1) is 0 Å². The summed E-state index contributed by atoms with van der Waals surface area (Å²) in [6.07, 6.45) is 7.23. The molecule has 1 aliphatic carbocycles. The predicted octanol–water partition coefficient (Wildman–Crippen LogP) is 2.12. The van der Waals surface area contributed by atoms with E-state index in [0.717, 1.165) is 19.3 Å². The van der Waals surface area contributed by atoms with Gasteiger partial charge in [0.05, 0.1) is 0 Å². The van der Waals surface area contributed by atoms with E-state index in [1.165, 1.54) is 19.3 Å². The Morgan fingerprint density at radius 3 is 2.29 bits per heavy atom. The van der Waals surface area contributed by atoms with Crippen LogP contribution in [0.2, 0.25) is 0 Å². The van der Waals surface area contributed by atoms with Crippen molar-refractivity contribution in [2.75, 3.05) is 14.1 Å². The van der Waals surface area contributed by atoms with Crippen molar-refractivity contribution in [3.05, 3.63) is 0 Å². The zero-order chi connectivity index (χ0) is 10.6. The number of carbonyl (C=O) groups is 1. The van der Waals surface area contributed by atoms with Crippen LogP contribution in [-0.2, 0) is 4.79 Å². The van der Waals surface area contributed by atoms with Gasteiger partial charge in [-0.1, -0.05) is 19.3 Å². The van der Waals surface area contributed by atoms with Crippen LogP contribution in [0.1, 0.15) is 44.9 Å². The highest BCUT2D eigenvalue weighted by molar-refractivity contribution is 5.66. The van der Waals surface area contributed by atoms with E-state index in [1.807, 2.05) is 0 Å². The molecule has 0 aromatic heterocycles. The third-order valence-corrected chi connectivity index (χ3v) is 3.54. The molecule has 0 saturated heterocycles. The van der Waals surface area contributed by atoms with Crippen LogP contribution >= 0.6 is 0 Å². The molecule has 1 N–H and O–H groups in total. The molecule has 1 rings (SSSR count). The van der Waals surface area contributed by atoms with Crippen LogP contribution in [-0.4, -0.2) is 35.6 Å². The Labute approximate surface area is 86.1 Å². The van der Waals surface area contributed by atoms with Crippen LogP contribution in [0.15, 0.2) is 0 Å². The van der Waals surface area contributed by atoms with E-state index in [1.54, 1.807) is 0 Å². The smallest absolute Gasteiger partial charge is 0.303 e. The van der Waals surface area contributed by atoms with Crippen LogP contribution in [0, 0.1) is 0 Å². The van der Waals surface area contributed by atoms with Gasteiger partial charge in [-0.3, -0.25) is 4.79 Å². The van der Waals surface area contributed by atoms with Crippen LogP contribution in [0.3, 0.4) is 0 Å². The fourth-order valence-corrected chi connectivity index (χ4v) is 2.47. The summed E-state index contributed by atoms with van der Waals surface area (Å²) in [7, 11) is 4.15. The fraction of sp³-hybridized carbons (Fsp3) is 0.909. The van der Waals surface area contributed by atoms with E-state index in [-0.39, 0.29) is 5.54 Å². The summed E-state index contributed by atoms with van der Waals surface area (Å²) in [4.78, 5) is 12.8. The first-order valence-corrected chi connectivity index (χ1v) is 5.46. The Morgan fingerprint density at radius 1 is 1.29 bits per heavy atom. The standard InChI is InChI=1S/C11H21NO2/c1-12(2)11(9-6-10(13)14)7-4-3-5-8-11/h3-9H2,1-2H3,(H,13,14). The van der Waals surface area contributed by atoms with Crippen LogP contribution in [0.4, 0.5) is 0 Å². The maximum Gasteiger partial charge on any atom is 0.303 e. The van der Waals surface area contributed by atoms with Crippen molar-refractivity contribution in [2.24, 2.45) is 0 Å². The summed E-state index contributed by atoms with van der Waals surface area (Å²) in [5.74, 6) is -0.670. The number of hydrogen-bond donors (Lipinski definition) is 1.